The minimum Gasteiger partial charge on any atom is -0.466 e. The number of aryl methyl sites for hydroxylation is 2. The molecule has 0 atom stereocenters. The van der Waals surface area contributed by atoms with Crippen LogP contribution in [0.25, 0.3) is 17.1 Å². The smallest absolute Gasteiger partial charge is 0.189 e. The Labute approximate surface area is 122 Å². The third-order valence-electron chi connectivity index (χ3n) is 3.23. The van der Waals surface area contributed by atoms with Gasteiger partial charge in [-0.1, -0.05) is 12.1 Å². The quantitative estimate of drug-likeness (QED) is 0.541. The van der Waals surface area contributed by atoms with Gasteiger partial charge in [-0.05, 0) is 43.7 Å². The lowest BCUT2D eigenvalue weighted by Gasteiger charge is -1.97. The van der Waals surface area contributed by atoms with Crippen molar-refractivity contribution in [2.24, 2.45) is 0 Å². The zero-order valence-corrected chi connectivity index (χ0v) is 11.8. The molecule has 0 N–H and O–H groups in total. The number of furan rings is 1. The predicted molar refractivity (Wildman–Crippen MR) is 81.1 cm³/mol. The van der Waals surface area contributed by atoms with E-state index in [1.54, 1.807) is 37.5 Å². The molecule has 2 aromatic heterocycles. The normalized spacial score (nSPS) is 11.3. The highest BCUT2D eigenvalue weighted by Gasteiger charge is 2.10. The van der Waals surface area contributed by atoms with Gasteiger partial charge < -0.3 is 4.42 Å². The molecule has 0 aliphatic heterocycles. The lowest BCUT2D eigenvalue weighted by Crippen LogP contribution is -1.93. The van der Waals surface area contributed by atoms with Gasteiger partial charge in [0.1, 0.15) is 11.5 Å². The second kappa shape index (κ2) is 5.32. The Morgan fingerprint density at radius 1 is 1.10 bits per heavy atom. The van der Waals surface area contributed by atoms with E-state index in [1.807, 2.05) is 25.1 Å². The zero-order chi connectivity index (χ0) is 14.8. The van der Waals surface area contributed by atoms with Crippen LogP contribution in [0.2, 0.25) is 0 Å². The van der Waals surface area contributed by atoms with E-state index in [-0.39, 0.29) is 5.78 Å². The van der Waals surface area contributed by atoms with Gasteiger partial charge in [0.25, 0.3) is 0 Å². The fraction of sp³-hybridized carbons (Fsp3) is 0.118. The van der Waals surface area contributed by atoms with E-state index in [9.17, 15) is 4.79 Å². The maximum atomic E-state index is 12.1. The van der Waals surface area contributed by atoms with Crippen LogP contribution in [0, 0.1) is 13.8 Å². The molecule has 3 rings (SSSR count). The van der Waals surface area contributed by atoms with E-state index in [0.717, 1.165) is 22.4 Å². The maximum Gasteiger partial charge on any atom is 0.189 e. The minimum absolute atomic E-state index is 0.0661. The van der Waals surface area contributed by atoms with E-state index in [2.05, 4.69) is 9.97 Å². The van der Waals surface area contributed by atoms with Crippen molar-refractivity contribution in [1.29, 1.82) is 0 Å². The van der Waals surface area contributed by atoms with E-state index in [0.29, 0.717) is 11.3 Å². The van der Waals surface area contributed by atoms with Crippen molar-refractivity contribution in [3.05, 3.63) is 65.4 Å². The molecule has 0 saturated heterocycles. The summed E-state index contributed by atoms with van der Waals surface area (Å²) in [5.74, 6) is 1.32. The lowest BCUT2D eigenvalue weighted by molar-refractivity contribution is 0.104. The number of allylic oxidation sites excluding steroid dienone is 1. The number of ketones is 1. The van der Waals surface area contributed by atoms with E-state index in [4.69, 9.17) is 4.42 Å². The Bertz CT molecular complexity index is 847. The molecule has 4 heteroatoms. The first-order chi connectivity index (χ1) is 10.1. The van der Waals surface area contributed by atoms with Crippen LogP contribution in [0.5, 0.6) is 0 Å². The zero-order valence-electron chi connectivity index (χ0n) is 11.8. The van der Waals surface area contributed by atoms with Gasteiger partial charge in [0.2, 0.25) is 0 Å². The van der Waals surface area contributed by atoms with E-state index >= 15 is 0 Å². The molecule has 1 aromatic carbocycles. The van der Waals surface area contributed by atoms with Gasteiger partial charge in [0, 0.05) is 12.4 Å². The molecule has 4 nitrogen and oxygen atoms in total. The highest BCUT2D eigenvalue weighted by Crippen LogP contribution is 2.16. The van der Waals surface area contributed by atoms with Gasteiger partial charge in [0.05, 0.1) is 16.6 Å². The van der Waals surface area contributed by atoms with Crippen LogP contribution in [-0.4, -0.2) is 15.8 Å². The molecule has 0 bridgehead atoms. The second-order valence-corrected chi connectivity index (χ2v) is 4.83. The minimum atomic E-state index is -0.0661. The number of fused-ring (bicyclic) bond motifs is 1. The van der Waals surface area contributed by atoms with Gasteiger partial charge in [-0.2, -0.15) is 0 Å². The molecule has 0 unspecified atom stereocenters. The lowest BCUT2D eigenvalue weighted by atomic mass is 10.1. The average molecular weight is 278 g/mol. The van der Waals surface area contributed by atoms with Crippen molar-refractivity contribution in [3.63, 3.8) is 0 Å². The topological polar surface area (TPSA) is 56.0 Å². The van der Waals surface area contributed by atoms with Crippen LogP contribution < -0.4 is 0 Å². The van der Waals surface area contributed by atoms with Crippen LogP contribution in [0.3, 0.4) is 0 Å². The summed E-state index contributed by atoms with van der Waals surface area (Å²) in [5, 5.41) is 0. The third-order valence-corrected chi connectivity index (χ3v) is 3.23. The fourth-order valence-corrected chi connectivity index (χ4v) is 2.22. The molecule has 0 fully saturated rings. The summed E-state index contributed by atoms with van der Waals surface area (Å²) in [6.07, 6.45) is 6.64. The second-order valence-electron chi connectivity index (χ2n) is 4.83. The molecule has 0 aliphatic rings. The number of carbonyl (C=O) groups is 1. The van der Waals surface area contributed by atoms with Crippen molar-refractivity contribution >= 4 is 22.9 Å². The average Bonchev–Trinajstić information content (AvgIpc) is 2.83. The van der Waals surface area contributed by atoms with Crippen molar-refractivity contribution < 1.29 is 9.21 Å². The standard InChI is InChI=1S/C17H14N2O2/c1-11-9-14(12(2)21-11)17(20)6-4-13-3-5-15-16(10-13)19-8-7-18-15/h3-10H,1-2H3/b6-4+. The SMILES string of the molecule is Cc1cc(C(=O)/C=C/c2ccc3nccnc3c2)c(C)o1. The summed E-state index contributed by atoms with van der Waals surface area (Å²) < 4.78 is 5.37. The molecule has 0 radical (unpaired) electrons. The fourth-order valence-electron chi connectivity index (χ4n) is 2.22. The molecule has 0 saturated carbocycles. The van der Waals surface area contributed by atoms with Gasteiger partial charge in [-0.25, -0.2) is 0 Å². The van der Waals surface area contributed by atoms with Gasteiger partial charge in [-0.15, -0.1) is 0 Å². The number of aromatic nitrogens is 2. The molecular formula is C17H14N2O2. The first-order valence-electron chi connectivity index (χ1n) is 6.64. The van der Waals surface area contributed by atoms with E-state index < -0.39 is 0 Å². The van der Waals surface area contributed by atoms with Gasteiger partial charge in [0.15, 0.2) is 5.78 Å². The highest BCUT2D eigenvalue weighted by molar-refractivity contribution is 6.07. The molecule has 21 heavy (non-hydrogen) atoms. The largest absolute Gasteiger partial charge is 0.466 e. The summed E-state index contributed by atoms with van der Waals surface area (Å²) in [5.41, 5.74) is 3.16. The maximum absolute atomic E-state index is 12.1. The molecule has 0 spiro atoms. The van der Waals surface area contributed by atoms with Crippen LogP contribution in [0.4, 0.5) is 0 Å². The number of nitrogens with zero attached hydrogens (tertiary/aromatic N) is 2. The van der Waals surface area contributed by atoms with Crippen molar-refractivity contribution in [2.75, 3.05) is 0 Å². The number of carbonyl (C=O) groups excluding carboxylic acids is 1. The van der Waals surface area contributed by atoms with Crippen molar-refractivity contribution in [2.45, 2.75) is 13.8 Å². The molecule has 104 valence electrons. The summed E-state index contributed by atoms with van der Waals surface area (Å²) in [6.45, 7) is 3.62. The Balaban J connectivity index is 1.87. The number of benzene rings is 1. The van der Waals surface area contributed by atoms with Crippen LogP contribution in [0.1, 0.15) is 27.4 Å². The van der Waals surface area contributed by atoms with Crippen molar-refractivity contribution in [3.8, 4) is 0 Å². The van der Waals surface area contributed by atoms with Gasteiger partial charge in [-0.3, -0.25) is 14.8 Å². The Hall–Kier alpha value is -2.75. The first-order valence-corrected chi connectivity index (χ1v) is 6.64. The van der Waals surface area contributed by atoms with Crippen LogP contribution in [0.15, 0.2) is 47.2 Å². The predicted octanol–water partition coefficient (Wildman–Crippen LogP) is 3.74. The molecule has 3 aromatic rings. The molecular weight excluding hydrogens is 264 g/mol. The summed E-state index contributed by atoms with van der Waals surface area (Å²) in [7, 11) is 0. The van der Waals surface area contributed by atoms with Gasteiger partial charge >= 0.3 is 0 Å². The van der Waals surface area contributed by atoms with Crippen molar-refractivity contribution in [1.82, 2.24) is 9.97 Å². The summed E-state index contributed by atoms with van der Waals surface area (Å²) in [6, 6.07) is 7.46. The monoisotopic (exact) mass is 278 g/mol. The third kappa shape index (κ3) is 2.74. The summed E-state index contributed by atoms with van der Waals surface area (Å²) >= 11 is 0. The first kappa shape index (κ1) is 13.2. The van der Waals surface area contributed by atoms with E-state index in [1.165, 1.54) is 0 Å². The molecule has 0 amide bonds. The van der Waals surface area contributed by atoms with Crippen LogP contribution >= 0.6 is 0 Å². The highest BCUT2D eigenvalue weighted by atomic mass is 16.3. The number of hydrogen-bond donors (Lipinski definition) is 0. The summed E-state index contributed by atoms with van der Waals surface area (Å²) in [4.78, 5) is 20.6. The number of rotatable bonds is 3. The molecule has 2 heterocycles. The number of hydrogen-bond acceptors (Lipinski definition) is 4. The van der Waals surface area contributed by atoms with Crippen LogP contribution in [-0.2, 0) is 0 Å². The Morgan fingerprint density at radius 3 is 2.57 bits per heavy atom. The Kier molecular flexibility index (Phi) is 3.36. The Morgan fingerprint density at radius 2 is 1.86 bits per heavy atom. The molecule has 0 aliphatic carbocycles.